The van der Waals surface area contributed by atoms with Crippen molar-refractivity contribution in [3.05, 3.63) is 39.9 Å². The first-order valence-corrected chi connectivity index (χ1v) is 5.14. The number of nitro groups is 1. The lowest BCUT2D eigenvalue weighted by atomic mass is 10.2. The van der Waals surface area contributed by atoms with E-state index in [0.29, 0.717) is 5.56 Å². The van der Waals surface area contributed by atoms with E-state index in [1.54, 1.807) is 18.2 Å². The van der Waals surface area contributed by atoms with Crippen LogP contribution in [0, 0.1) is 10.1 Å². The molecule has 0 bridgehead atoms. The number of ether oxygens (including phenoxy) is 2. The highest BCUT2D eigenvalue weighted by Gasteiger charge is 2.34. The third kappa shape index (κ3) is 1.91. The second-order valence-corrected chi connectivity index (χ2v) is 3.83. The average molecular weight is 223 g/mol. The number of rotatable bonds is 2. The molecule has 0 N–H and O–H groups in total. The average Bonchev–Trinajstić information content (AvgIpc) is 2.59. The molecule has 1 aliphatic rings. The van der Waals surface area contributed by atoms with E-state index in [2.05, 4.69) is 0 Å². The van der Waals surface area contributed by atoms with E-state index in [0.717, 1.165) is 0 Å². The molecule has 0 spiro atoms. The Balaban J connectivity index is 2.31. The number of para-hydroxylation sites is 1. The van der Waals surface area contributed by atoms with Crippen LogP contribution in [0.15, 0.2) is 24.3 Å². The fraction of sp³-hybridized carbons (Fsp3) is 0.455. The maximum Gasteiger partial charge on any atom is 0.277 e. The number of hydrogen-bond acceptors (Lipinski definition) is 4. The maximum atomic E-state index is 10.8. The van der Waals surface area contributed by atoms with Gasteiger partial charge in [0.2, 0.25) is 0 Å². The van der Waals surface area contributed by atoms with E-state index in [1.165, 1.54) is 6.07 Å². The SMILES string of the molecule is CC1OC(c2ccccc2[N+](=O)[O-])OC1C. The van der Waals surface area contributed by atoms with Gasteiger partial charge in [0.25, 0.3) is 5.69 Å². The molecular formula is C11H13NO4. The van der Waals surface area contributed by atoms with Crippen LogP contribution in [0.4, 0.5) is 5.69 Å². The number of nitro benzene ring substituents is 1. The molecule has 2 unspecified atom stereocenters. The predicted molar refractivity (Wildman–Crippen MR) is 56.9 cm³/mol. The van der Waals surface area contributed by atoms with Crippen molar-refractivity contribution in [1.29, 1.82) is 0 Å². The van der Waals surface area contributed by atoms with Gasteiger partial charge in [0, 0.05) is 6.07 Å². The highest BCUT2D eigenvalue weighted by molar-refractivity contribution is 5.40. The van der Waals surface area contributed by atoms with Crippen molar-refractivity contribution in [3.63, 3.8) is 0 Å². The Bertz CT molecular complexity index is 397. The zero-order chi connectivity index (χ0) is 11.7. The van der Waals surface area contributed by atoms with Crippen LogP contribution in [-0.2, 0) is 9.47 Å². The van der Waals surface area contributed by atoms with E-state index in [1.807, 2.05) is 13.8 Å². The summed E-state index contributed by atoms with van der Waals surface area (Å²) in [5.41, 5.74) is 0.512. The van der Waals surface area contributed by atoms with Crippen LogP contribution in [0.2, 0.25) is 0 Å². The predicted octanol–water partition coefficient (Wildman–Crippen LogP) is 2.42. The molecule has 2 atom stereocenters. The molecule has 86 valence electrons. The van der Waals surface area contributed by atoms with Gasteiger partial charge in [0.15, 0.2) is 6.29 Å². The molecule has 16 heavy (non-hydrogen) atoms. The Kier molecular flexibility index (Phi) is 2.89. The first-order chi connectivity index (χ1) is 7.59. The quantitative estimate of drug-likeness (QED) is 0.570. The lowest BCUT2D eigenvalue weighted by molar-refractivity contribution is -0.386. The van der Waals surface area contributed by atoms with Gasteiger partial charge < -0.3 is 9.47 Å². The standard InChI is InChI=1S/C11H13NO4/c1-7-8(2)16-11(15-7)9-5-3-4-6-10(9)12(13)14/h3-8,11H,1-2H3. The van der Waals surface area contributed by atoms with Gasteiger partial charge in [0.1, 0.15) is 0 Å². The lowest BCUT2D eigenvalue weighted by Gasteiger charge is -2.10. The van der Waals surface area contributed by atoms with Gasteiger partial charge in [-0.05, 0) is 19.9 Å². The van der Waals surface area contributed by atoms with E-state index >= 15 is 0 Å². The zero-order valence-corrected chi connectivity index (χ0v) is 9.12. The second kappa shape index (κ2) is 4.19. The van der Waals surface area contributed by atoms with Crippen molar-refractivity contribution in [2.45, 2.75) is 32.3 Å². The number of nitrogens with zero attached hydrogens (tertiary/aromatic N) is 1. The molecular weight excluding hydrogens is 210 g/mol. The molecule has 1 aromatic rings. The summed E-state index contributed by atoms with van der Waals surface area (Å²) in [6.45, 7) is 3.78. The van der Waals surface area contributed by atoms with Crippen LogP contribution >= 0.6 is 0 Å². The van der Waals surface area contributed by atoms with Crippen molar-refractivity contribution >= 4 is 5.69 Å². The van der Waals surface area contributed by atoms with E-state index in [4.69, 9.17) is 9.47 Å². The molecule has 1 aliphatic heterocycles. The highest BCUT2D eigenvalue weighted by Crippen LogP contribution is 2.35. The topological polar surface area (TPSA) is 61.6 Å². The fourth-order valence-corrected chi connectivity index (χ4v) is 1.64. The minimum absolute atomic E-state index is 0.0359. The molecule has 5 nitrogen and oxygen atoms in total. The fourth-order valence-electron chi connectivity index (χ4n) is 1.64. The summed E-state index contributed by atoms with van der Waals surface area (Å²) < 4.78 is 11.0. The van der Waals surface area contributed by atoms with Crippen LogP contribution in [0.3, 0.4) is 0 Å². The number of benzene rings is 1. The minimum Gasteiger partial charge on any atom is -0.342 e. The monoisotopic (exact) mass is 223 g/mol. The molecule has 0 saturated carbocycles. The Labute approximate surface area is 93.1 Å². The molecule has 0 aliphatic carbocycles. The third-order valence-corrected chi connectivity index (χ3v) is 2.72. The molecule has 1 saturated heterocycles. The summed E-state index contributed by atoms with van der Waals surface area (Å²) in [4.78, 5) is 10.4. The van der Waals surface area contributed by atoms with Crippen molar-refractivity contribution < 1.29 is 14.4 Å². The van der Waals surface area contributed by atoms with Crippen LogP contribution in [0.25, 0.3) is 0 Å². The van der Waals surface area contributed by atoms with Crippen molar-refractivity contribution in [1.82, 2.24) is 0 Å². The Hall–Kier alpha value is -1.46. The van der Waals surface area contributed by atoms with Crippen molar-refractivity contribution in [2.75, 3.05) is 0 Å². The summed E-state index contributed by atoms with van der Waals surface area (Å²) in [6, 6.07) is 6.48. The Morgan fingerprint density at radius 1 is 1.19 bits per heavy atom. The summed E-state index contributed by atoms with van der Waals surface area (Å²) in [5, 5.41) is 10.8. The molecule has 2 rings (SSSR count). The van der Waals surface area contributed by atoms with E-state index in [-0.39, 0.29) is 17.9 Å². The first-order valence-electron chi connectivity index (χ1n) is 5.14. The molecule has 1 fully saturated rings. The van der Waals surface area contributed by atoms with Crippen molar-refractivity contribution in [2.24, 2.45) is 0 Å². The van der Waals surface area contributed by atoms with Gasteiger partial charge in [-0.1, -0.05) is 12.1 Å². The third-order valence-electron chi connectivity index (χ3n) is 2.72. The normalized spacial score (nSPS) is 29.2. The van der Waals surface area contributed by atoms with Gasteiger partial charge in [-0.25, -0.2) is 0 Å². The molecule has 0 aromatic heterocycles. The number of hydrogen-bond donors (Lipinski definition) is 0. The largest absolute Gasteiger partial charge is 0.342 e. The van der Waals surface area contributed by atoms with Gasteiger partial charge in [-0.2, -0.15) is 0 Å². The summed E-state index contributed by atoms with van der Waals surface area (Å²) in [5.74, 6) is 0. The maximum absolute atomic E-state index is 10.8. The minimum atomic E-state index is -0.633. The van der Waals surface area contributed by atoms with Crippen molar-refractivity contribution in [3.8, 4) is 0 Å². The van der Waals surface area contributed by atoms with Crippen LogP contribution in [0.5, 0.6) is 0 Å². The first kappa shape index (κ1) is 11.0. The Morgan fingerprint density at radius 2 is 1.75 bits per heavy atom. The zero-order valence-electron chi connectivity index (χ0n) is 9.12. The van der Waals surface area contributed by atoms with Gasteiger partial charge in [-0.15, -0.1) is 0 Å². The molecule has 1 aromatic carbocycles. The molecule has 0 radical (unpaired) electrons. The molecule has 0 amide bonds. The Morgan fingerprint density at radius 3 is 2.31 bits per heavy atom. The van der Waals surface area contributed by atoms with Gasteiger partial charge in [-0.3, -0.25) is 10.1 Å². The van der Waals surface area contributed by atoms with Crippen LogP contribution in [0.1, 0.15) is 25.7 Å². The summed E-state index contributed by atoms with van der Waals surface area (Å²) >= 11 is 0. The van der Waals surface area contributed by atoms with Gasteiger partial charge in [0.05, 0.1) is 22.7 Å². The van der Waals surface area contributed by atoms with Crippen LogP contribution in [-0.4, -0.2) is 17.1 Å². The summed E-state index contributed by atoms with van der Waals surface area (Å²) in [7, 11) is 0. The van der Waals surface area contributed by atoms with E-state index < -0.39 is 11.2 Å². The molecule has 1 heterocycles. The second-order valence-electron chi connectivity index (χ2n) is 3.83. The van der Waals surface area contributed by atoms with Gasteiger partial charge >= 0.3 is 0 Å². The summed E-state index contributed by atoms with van der Waals surface area (Å²) in [6.07, 6.45) is -0.735. The van der Waals surface area contributed by atoms with Crippen LogP contribution < -0.4 is 0 Å². The molecule has 5 heteroatoms. The van der Waals surface area contributed by atoms with E-state index in [9.17, 15) is 10.1 Å². The highest BCUT2D eigenvalue weighted by atomic mass is 16.7. The lowest BCUT2D eigenvalue weighted by Crippen LogP contribution is -2.13. The smallest absolute Gasteiger partial charge is 0.277 e.